The predicted molar refractivity (Wildman–Crippen MR) is 136 cm³/mol. The minimum atomic E-state index is -3.94. The molecule has 4 heterocycles. The molecule has 12 heteroatoms. The van der Waals surface area contributed by atoms with E-state index >= 15 is 0 Å². The monoisotopic (exact) mass is 533 g/mol. The average molecular weight is 534 g/mol. The van der Waals surface area contributed by atoms with Crippen LogP contribution in [-0.4, -0.2) is 52.8 Å². The first-order valence-corrected chi connectivity index (χ1v) is 13.2. The number of carbonyl (C=O) groups excluding carboxylic acids is 1. The van der Waals surface area contributed by atoms with E-state index in [0.717, 1.165) is 0 Å². The number of fused-ring (bicyclic) bond motifs is 4. The second-order valence-corrected chi connectivity index (χ2v) is 12.6. The molecule has 1 aromatic carbocycles. The number of nitrogens with one attached hydrogen (secondary N) is 1. The number of rotatable bonds is 3. The molecular formula is C24H25ClFN5O4S. The molecule has 1 amide bonds. The Morgan fingerprint density at radius 3 is 2.81 bits per heavy atom. The number of ether oxygens (including phenoxy) is 1. The topological polar surface area (TPSA) is 128 Å². The number of benzene rings is 1. The van der Waals surface area contributed by atoms with Gasteiger partial charge in [-0.15, -0.1) is 0 Å². The Balaban J connectivity index is 1.59. The zero-order chi connectivity index (χ0) is 26.0. The number of hydrogen-bond donors (Lipinski definition) is 2. The molecule has 2 aromatic heterocycles. The van der Waals surface area contributed by atoms with Crippen molar-refractivity contribution in [1.29, 1.82) is 0 Å². The summed E-state index contributed by atoms with van der Waals surface area (Å²) in [5.74, 6) is -0.371. The van der Waals surface area contributed by atoms with Gasteiger partial charge in [-0.1, -0.05) is 11.6 Å². The van der Waals surface area contributed by atoms with Crippen LogP contribution >= 0.6 is 11.6 Å². The number of halogens is 2. The summed E-state index contributed by atoms with van der Waals surface area (Å²) < 4.78 is 48.0. The van der Waals surface area contributed by atoms with Crippen molar-refractivity contribution < 1.29 is 22.3 Å². The van der Waals surface area contributed by atoms with Crippen LogP contribution in [0.25, 0.3) is 5.65 Å². The molecule has 0 spiro atoms. The number of imidazole rings is 1. The second kappa shape index (κ2) is 8.17. The van der Waals surface area contributed by atoms with Crippen LogP contribution in [0.5, 0.6) is 5.75 Å². The summed E-state index contributed by atoms with van der Waals surface area (Å²) in [5.41, 5.74) is 6.15. The third-order valence-corrected chi connectivity index (χ3v) is 10.4. The molecule has 36 heavy (non-hydrogen) atoms. The Labute approximate surface area is 212 Å². The van der Waals surface area contributed by atoms with Crippen molar-refractivity contribution in [2.75, 3.05) is 18.6 Å². The third-order valence-electron chi connectivity index (χ3n) is 7.14. The number of sulfone groups is 1. The number of amides is 1. The van der Waals surface area contributed by atoms with E-state index in [9.17, 15) is 17.6 Å². The van der Waals surface area contributed by atoms with Crippen LogP contribution < -0.4 is 15.8 Å². The molecule has 3 aromatic rings. The molecule has 5 rings (SSSR count). The average Bonchev–Trinajstić information content (AvgIpc) is 3.06. The summed E-state index contributed by atoms with van der Waals surface area (Å²) in [5, 5.41) is 2.09. The maximum atomic E-state index is 14.9. The summed E-state index contributed by atoms with van der Waals surface area (Å²) in [6, 6.07) is 8.04. The highest BCUT2D eigenvalue weighted by atomic mass is 35.5. The highest BCUT2D eigenvalue weighted by Crippen LogP contribution is 2.49. The molecule has 0 bridgehead atoms. The normalized spacial score (nSPS) is 24.1. The molecule has 9 nitrogen and oxygen atoms in total. The minimum absolute atomic E-state index is 0.0475. The Bertz CT molecular complexity index is 1550. The predicted octanol–water partition coefficient (Wildman–Crippen LogP) is 3.43. The standard InChI is InChI=1S/C24H25ClFN5O4S/c1-13-20(29-19-7-4-14(25)11-31(13)19)21(32)28-15-5-6-17-16(10-15)24(12-26)18(8-9-35-17)36(33,34)23(2,3)22(27)30-24/h4-7,10-11,18H,8-9,12H2,1-3H3,(H2,27,30)(H,28,32). The molecule has 0 fully saturated rings. The Hall–Kier alpha value is -3.18. The maximum Gasteiger partial charge on any atom is 0.276 e. The first-order valence-electron chi connectivity index (χ1n) is 11.3. The van der Waals surface area contributed by atoms with Crippen LogP contribution in [0.4, 0.5) is 10.1 Å². The van der Waals surface area contributed by atoms with Gasteiger partial charge < -0.3 is 20.2 Å². The number of anilines is 1. The zero-order valence-electron chi connectivity index (χ0n) is 19.9. The van der Waals surface area contributed by atoms with Gasteiger partial charge in [0.1, 0.15) is 39.9 Å². The summed E-state index contributed by atoms with van der Waals surface area (Å²) in [6.07, 6.45) is 1.71. The first kappa shape index (κ1) is 24.5. The number of amidine groups is 1. The van der Waals surface area contributed by atoms with Crippen molar-refractivity contribution in [3.63, 3.8) is 0 Å². The highest BCUT2D eigenvalue weighted by molar-refractivity contribution is 7.94. The molecule has 2 aliphatic rings. The number of hydrogen-bond acceptors (Lipinski definition) is 7. The lowest BCUT2D eigenvalue weighted by atomic mass is 9.85. The second-order valence-electron chi connectivity index (χ2n) is 9.52. The van der Waals surface area contributed by atoms with Gasteiger partial charge in [-0.05, 0) is 51.1 Å². The lowest BCUT2D eigenvalue weighted by Gasteiger charge is -2.43. The van der Waals surface area contributed by atoms with E-state index in [4.69, 9.17) is 22.1 Å². The van der Waals surface area contributed by atoms with E-state index in [0.29, 0.717) is 22.1 Å². The molecular weight excluding hydrogens is 509 g/mol. The summed E-state index contributed by atoms with van der Waals surface area (Å²) >= 11 is 6.07. The van der Waals surface area contributed by atoms with Crippen LogP contribution in [0.15, 0.2) is 41.5 Å². The van der Waals surface area contributed by atoms with E-state index in [-0.39, 0.29) is 35.9 Å². The number of pyridine rings is 1. The summed E-state index contributed by atoms with van der Waals surface area (Å²) in [6.45, 7) is 3.64. The van der Waals surface area contributed by atoms with Gasteiger partial charge in [0.15, 0.2) is 9.84 Å². The van der Waals surface area contributed by atoms with Gasteiger partial charge in [0, 0.05) is 23.9 Å². The minimum Gasteiger partial charge on any atom is -0.493 e. The molecule has 190 valence electrons. The SMILES string of the molecule is Cc1c(C(=O)Nc2ccc3c(c2)C2(CF)N=C(N)C(C)(C)S(=O)(=O)C2CCO3)nc2ccc(Cl)cn12. The Morgan fingerprint density at radius 2 is 2.08 bits per heavy atom. The Morgan fingerprint density at radius 1 is 1.33 bits per heavy atom. The van der Waals surface area contributed by atoms with Crippen molar-refractivity contribution in [3.05, 3.63) is 58.5 Å². The lowest BCUT2D eigenvalue weighted by Crippen LogP contribution is -2.61. The van der Waals surface area contributed by atoms with E-state index in [2.05, 4.69) is 15.3 Å². The number of carbonyl (C=O) groups is 1. The fourth-order valence-corrected chi connectivity index (χ4v) is 7.26. The van der Waals surface area contributed by atoms with Crippen LogP contribution in [0.3, 0.4) is 0 Å². The van der Waals surface area contributed by atoms with Gasteiger partial charge in [0.05, 0.1) is 22.6 Å². The van der Waals surface area contributed by atoms with E-state index in [1.807, 2.05) is 0 Å². The molecule has 3 N–H and O–H groups in total. The first-order chi connectivity index (χ1) is 16.9. The zero-order valence-corrected chi connectivity index (χ0v) is 21.5. The smallest absolute Gasteiger partial charge is 0.276 e. The number of nitrogens with zero attached hydrogens (tertiary/aromatic N) is 3. The molecule has 2 aliphatic heterocycles. The van der Waals surface area contributed by atoms with Crippen molar-refractivity contribution in [2.45, 2.75) is 42.7 Å². The van der Waals surface area contributed by atoms with Gasteiger partial charge in [0.25, 0.3) is 5.91 Å². The highest BCUT2D eigenvalue weighted by Gasteiger charge is 2.60. The summed E-state index contributed by atoms with van der Waals surface area (Å²) in [7, 11) is -3.94. The van der Waals surface area contributed by atoms with Crippen molar-refractivity contribution in [3.8, 4) is 5.75 Å². The van der Waals surface area contributed by atoms with Crippen LogP contribution in [-0.2, 0) is 15.4 Å². The van der Waals surface area contributed by atoms with Crippen molar-refractivity contribution in [1.82, 2.24) is 9.38 Å². The van der Waals surface area contributed by atoms with Gasteiger partial charge in [-0.25, -0.2) is 17.8 Å². The fourth-order valence-electron chi connectivity index (χ4n) is 4.88. The van der Waals surface area contributed by atoms with Gasteiger partial charge >= 0.3 is 0 Å². The molecule has 0 saturated heterocycles. The molecule has 0 radical (unpaired) electrons. The van der Waals surface area contributed by atoms with Crippen molar-refractivity contribution in [2.24, 2.45) is 10.7 Å². The van der Waals surface area contributed by atoms with Crippen LogP contribution in [0.2, 0.25) is 5.02 Å². The van der Waals surface area contributed by atoms with Crippen LogP contribution in [0.1, 0.15) is 42.0 Å². The summed E-state index contributed by atoms with van der Waals surface area (Å²) in [4.78, 5) is 22.0. The fraction of sp³-hybridized carbons (Fsp3) is 0.375. The van der Waals surface area contributed by atoms with E-state index in [1.165, 1.54) is 19.9 Å². The van der Waals surface area contributed by atoms with Gasteiger partial charge in [0.2, 0.25) is 0 Å². The molecule has 2 atom stereocenters. The molecule has 0 saturated carbocycles. The van der Waals surface area contributed by atoms with E-state index < -0.39 is 38.0 Å². The van der Waals surface area contributed by atoms with Gasteiger partial charge in [-0.3, -0.25) is 9.79 Å². The quantitative estimate of drug-likeness (QED) is 0.531. The number of alkyl halides is 1. The number of aliphatic imine (C=N–C) groups is 1. The maximum absolute atomic E-state index is 14.9. The van der Waals surface area contributed by atoms with Gasteiger partial charge in [-0.2, -0.15) is 0 Å². The number of aryl methyl sites for hydroxylation is 1. The molecule has 2 unspecified atom stereocenters. The van der Waals surface area contributed by atoms with Crippen LogP contribution in [0, 0.1) is 6.92 Å². The third kappa shape index (κ3) is 3.40. The lowest BCUT2D eigenvalue weighted by molar-refractivity contribution is 0.102. The number of aromatic nitrogens is 2. The van der Waals surface area contributed by atoms with E-state index in [1.54, 1.807) is 41.8 Å². The number of nitrogens with two attached hydrogens (primary N) is 1. The molecule has 0 aliphatic carbocycles. The Kier molecular flexibility index (Phi) is 5.56. The largest absolute Gasteiger partial charge is 0.493 e. The van der Waals surface area contributed by atoms with Crippen molar-refractivity contribution >= 4 is 44.5 Å².